The van der Waals surface area contributed by atoms with Crippen LogP contribution in [0.5, 0.6) is 5.75 Å². The number of azide groups is 1. The van der Waals surface area contributed by atoms with Crippen LogP contribution in [-0.2, 0) is 9.47 Å². The number of esters is 1. The molecule has 0 aliphatic carbocycles. The van der Waals surface area contributed by atoms with E-state index in [1.54, 1.807) is 47.6 Å². The van der Waals surface area contributed by atoms with Crippen molar-refractivity contribution in [1.82, 2.24) is 5.32 Å². The van der Waals surface area contributed by atoms with Crippen LogP contribution in [0.15, 0.2) is 28.3 Å². The Balaban J connectivity index is 3.10. The molecule has 0 heterocycles. The van der Waals surface area contributed by atoms with Crippen LogP contribution in [0.25, 0.3) is 10.4 Å². The molecule has 0 saturated carbocycles. The van der Waals surface area contributed by atoms with E-state index in [0.29, 0.717) is 0 Å². The van der Waals surface area contributed by atoms with Gasteiger partial charge in [-0.3, -0.25) is 5.32 Å². The number of amides is 1. The van der Waals surface area contributed by atoms with Gasteiger partial charge in [-0.15, -0.1) is 0 Å². The number of alkyl carbamates (subject to hydrolysis) is 1. The minimum Gasteiger partial charge on any atom is -0.493 e. The summed E-state index contributed by atoms with van der Waals surface area (Å²) >= 11 is 0. The Labute approximate surface area is 175 Å². The van der Waals surface area contributed by atoms with Gasteiger partial charge in [-0.05, 0) is 65.3 Å². The predicted octanol–water partition coefficient (Wildman–Crippen LogP) is 3.80. The Bertz CT molecular complexity index is 848. The van der Waals surface area contributed by atoms with Crippen molar-refractivity contribution in [3.8, 4) is 5.75 Å². The molecule has 0 bridgehead atoms. The fraction of sp³-hybridized carbons (Fsp3) is 0.526. The fourth-order valence-corrected chi connectivity index (χ4v) is 2.02. The molecule has 0 saturated heterocycles. The summed E-state index contributed by atoms with van der Waals surface area (Å²) in [4.78, 5) is 31.1. The largest absolute Gasteiger partial charge is 0.493 e. The van der Waals surface area contributed by atoms with Gasteiger partial charge in [0.25, 0.3) is 0 Å². The molecule has 3 N–H and O–H groups in total. The molecule has 1 amide bonds. The lowest BCUT2D eigenvalue weighted by molar-refractivity contribution is 0.00656. The first kappa shape index (κ1) is 24.6. The van der Waals surface area contributed by atoms with Crippen LogP contribution in [0.2, 0.25) is 0 Å². The smallest absolute Gasteiger partial charge is 0.414 e. The van der Waals surface area contributed by atoms with Crippen molar-refractivity contribution in [3.63, 3.8) is 0 Å². The van der Waals surface area contributed by atoms with Gasteiger partial charge in [0.15, 0.2) is 0 Å². The van der Waals surface area contributed by atoms with E-state index in [9.17, 15) is 9.59 Å². The highest BCUT2D eigenvalue weighted by Crippen LogP contribution is 2.27. The second-order valence-corrected chi connectivity index (χ2v) is 8.11. The van der Waals surface area contributed by atoms with Gasteiger partial charge < -0.3 is 19.9 Å². The zero-order valence-corrected chi connectivity index (χ0v) is 18.1. The highest BCUT2D eigenvalue weighted by molar-refractivity contribution is 5.96. The molecule has 0 aromatic heterocycles. The second-order valence-electron chi connectivity index (χ2n) is 8.11. The molecule has 0 radical (unpaired) electrons. The minimum atomic E-state index is -0.755. The fourth-order valence-electron chi connectivity index (χ4n) is 2.02. The van der Waals surface area contributed by atoms with Crippen molar-refractivity contribution in [2.75, 3.05) is 13.2 Å². The van der Waals surface area contributed by atoms with Crippen molar-refractivity contribution in [2.45, 2.75) is 52.7 Å². The maximum Gasteiger partial charge on any atom is 0.414 e. The lowest BCUT2D eigenvalue weighted by Crippen LogP contribution is -2.40. The third kappa shape index (κ3) is 9.65. The number of nitrogens with two attached hydrogens (primary N) is 1. The van der Waals surface area contributed by atoms with E-state index in [4.69, 9.17) is 25.5 Å². The van der Waals surface area contributed by atoms with E-state index in [2.05, 4.69) is 20.3 Å². The number of ether oxygens (including phenoxy) is 3. The zero-order valence-electron chi connectivity index (χ0n) is 18.1. The molecule has 164 valence electrons. The molecule has 1 aromatic carbocycles. The molecule has 11 heteroatoms. The number of carbonyl (C=O) groups is 2. The Morgan fingerprint density at radius 3 is 2.33 bits per heavy atom. The number of carbonyl (C=O) groups excluding carboxylic acids is 2. The number of rotatable bonds is 6. The summed E-state index contributed by atoms with van der Waals surface area (Å²) in [7, 11) is 0. The number of hydrogen-bond acceptors (Lipinski definition) is 7. The van der Waals surface area contributed by atoms with Gasteiger partial charge in [0.05, 0.1) is 18.8 Å². The molecule has 11 nitrogen and oxygen atoms in total. The van der Waals surface area contributed by atoms with E-state index in [1.165, 1.54) is 12.1 Å². The van der Waals surface area contributed by atoms with Crippen LogP contribution in [-0.4, -0.2) is 42.4 Å². The topological polar surface area (TPSA) is 161 Å². The molecule has 30 heavy (non-hydrogen) atoms. The Morgan fingerprint density at radius 1 is 1.13 bits per heavy atom. The van der Waals surface area contributed by atoms with E-state index in [-0.39, 0.29) is 36.1 Å². The van der Waals surface area contributed by atoms with Crippen LogP contribution in [0, 0.1) is 0 Å². The quantitative estimate of drug-likeness (QED) is 0.135. The van der Waals surface area contributed by atoms with Crippen molar-refractivity contribution >= 4 is 23.7 Å². The van der Waals surface area contributed by atoms with Gasteiger partial charge in [-0.1, -0.05) is 5.11 Å². The maximum atomic E-state index is 12.6. The number of aliphatic imine (C=N–C) groups is 1. The molecular formula is C19H28N6O5. The van der Waals surface area contributed by atoms with E-state index >= 15 is 0 Å². The third-order valence-electron chi connectivity index (χ3n) is 2.97. The molecule has 1 aromatic rings. The second kappa shape index (κ2) is 10.4. The molecule has 0 aliphatic heterocycles. The van der Waals surface area contributed by atoms with Crippen LogP contribution < -0.4 is 15.8 Å². The minimum absolute atomic E-state index is 0.0742. The SMILES string of the molecule is CC(C)(C)OC(=O)NC(N)=Nc1ccc(OCCN=[N+]=[N-])c(C(=O)OC(C)(C)C)c1. The summed E-state index contributed by atoms with van der Waals surface area (Å²) in [5.74, 6) is -0.608. The normalized spacial score (nSPS) is 11.9. The number of nitrogens with one attached hydrogen (secondary N) is 1. The molecule has 0 atom stereocenters. The van der Waals surface area contributed by atoms with Crippen LogP contribution in [0.4, 0.5) is 10.5 Å². The van der Waals surface area contributed by atoms with Crippen LogP contribution in [0.1, 0.15) is 51.9 Å². The Morgan fingerprint density at radius 2 is 1.77 bits per heavy atom. The molecule has 0 aliphatic rings. The summed E-state index contributed by atoms with van der Waals surface area (Å²) in [5, 5.41) is 5.69. The molecule has 0 unspecified atom stereocenters. The highest BCUT2D eigenvalue weighted by Gasteiger charge is 2.22. The van der Waals surface area contributed by atoms with Crippen molar-refractivity contribution < 1.29 is 23.8 Å². The maximum absolute atomic E-state index is 12.6. The Hall–Kier alpha value is -3.46. The first-order valence-electron chi connectivity index (χ1n) is 9.16. The summed E-state index contributed by atoms with van der Waals surface area (Å²) in [6.45, 7) is 10.5. The van der Waals surface area contributed by atoms with Gasteiger partial charge >= 0.3 is 12.1 Å². The third-order valence-corrected chi connectivity index (χ3v) is 2.97. The number of nitrogens with zero attached hydrogens (tertiary/aromatic N) is 4. The van der Waals surface area contributed by atoms with Gasteiger partial charge in [-0.25, -0.2) is 14.6 Å². The summed E-state index contributed by atoms with van der Waals surface area (Å²) < 4.78 is 16.0. The van der Waals surface area contributed by atoms with E-state index in [0.717, 1.165) is 0 Å². The van der Waals surface area contributed by atoms with Crippen LogP contribution in [0.3, 0.4) is 0 Å². The predicted molar refractivity (Wildman–Crippen MR) is 112 cm³/mol. The molecule has 1 rings (SSSR count). The van der Waals surface area contributed by atoms with Gasteiger partial charge in [0.1, 0.15) is 22.5 Å². The standard InChI is InChI=1S/C19H28N6O5/c1-18(2,3)29-15(26)13-11-12(7-8-14(13)28-10-9-22-25-21)23-16(20)24-17(27)30-19(4,5)6/h7-8,11H,9-10H2,1-6H3,(H3,20,23,24,27). The number of hydrogen-bond donors (Lipinski definition) is 2. The van der Waals surface area contributed by atoms with E-state index in [1.807, 2.05) is 0 Å². The van der Waals surface area contributed by atoms with Crippen molar-refractivity contribution in [3.05, 3.63) is 34.2 Å². The van der Waals surface area contributed by atoms with Gasteiger partial charge in [-0.2, -0.15) is 0 Å². The first-order valence-corrected chi connectivity index (χ1v) is 9.16. The average Bonchev–Trinajstić information content (AvgIpc) is 2.56. The summed E-state index contributed by atoms with van der Waals surface area (Å²) in [5.41, 5.74) is 13.1. The first-order chi connectivity index (χ1) is 13.8. The Kier molecular flexibility index (Phi) is 8.48. The number of guanidine groups is 1. The van der Waals surface area contributed by atoms with Crippen molar-refractivity contribution in [1.29, 1.82) is 0 Å². The molecule has 0 spiro atoms. The molecule has 0 fully saturated rings. The lowest BCUT2D eigenvalue weighted by atomic mass is 10.1. The van der Waals surface area contributed by atoms with Crippen LogP contribution >= 0.6 is 0 Å². The lowest BCUT2D eigenvalue weighted by Gasteiger charge is -2.21. The van der Waals surface area contributed by atoms with Gasteiger partial charge in [0, 0.05) is 4.91 Å². The zero-order chi connectivity index (χ0) is 22.9. The number of benzene rings is 1. The average molecular weight is 420 g/mol. The summed E-state index contributed by atoms with van der Waals surface area (Å²) in [6, 6.07) is 4.47. The summed E-state index contributed by atoms with van der Waals surface area (Å²) in [6.07, 6.45) is -0.755. The molecular weight excluding hydrogens is 392 g/mol. The monoisotopic (exact) mass is 420 g/mol. The van der Waals surface area contributed by atoms with Crippen molar-refractivity contribution in [2.24, 2.45) is 15.8 Å². The van der Waals surface area contributed by atoms with E-state index < -0.39 is 23.3 Å². The highest BCUT2D eigenvalue weighted by atomic mass is 16.6. The van der Waals surface area contributed by atoms with Gasteiger partial charge in [0.2, 0.25) is 5.96 Å².